The number of ether oxygens (including phenoxy) is 1. The zero-order chi connectivity index (χ0) is 23.1. The molecule has 0 spiro atoms. The van der Waals surface area contributed by atoms with Crippen LogP contribution in [0.4, 0.5) is 14.5 Å². The average molecular weight is 438 g/mol. The van der Waals surface area contributed by atoms with E-state index in [4.69, 9.17) is 4.74 Å². The molecule has 0 bridgehead atoms. The third-order valence-corrected chi connectivity index (χ3v) is 4.52. The van der Waals surface area contributed by atoms with Crippen molar-refractivity contribution in [2.24, 2.45) is 0 Å². The summed E-state index contributed by atoms with van der Waals surface area (Å²) in [5.74, 6) is -1.59. The van der Waals surface area contributed by atoms with Gasteiger partial charge >= 0.3 is 0 Å². The molecular formula is C24H20F2N2O4. The summed E-state index contributed by atoms with van der Waals surface area (Å²) in [5.41, 5.74) is 1.17. The molecule has 0 radical (unpaired) electrons. The number of anilines is 1. The van der Waals surface area contributed by atoms with Crippen LogP contribution in [0.3, 0.4) is 0 Å². The lowest BCUT2D eigenvalue weighted by molar-refractivity contribution is -0.135. The van der Waals surface area contributed by atoms with Crippen LogP contribution in [0.5, 0.6) is 5.75 Å². The van der Waals surface area contributed by atoms with Gasteiger partial charge in [0.25, 0.3) is 5.91 Å². The number of nitrogens with zero attached hydrogens (tertiary/aromatic N) is 1. The van der Waals surface area contributed by atoms with E-state index in [0.29, 0.717) is 22.6 Å². The van der Waals surface area contributed by atoms with Crippen LogP contribution in [0.15, 0.2) is 72.8 Å². The summed E-state index contributed by atoms with van der Waals surface area (Å²) in [6.45, 7) is -0.504. The monoisotopic (exact) mass is 438 g/mol. The van der Waals surface area contributed by atoms with Gasteiger partial charge in [0.05, 0.1) is 6.54 Å². The Morgan fingerprint density at radius 3 is 1.88 bits per heavy atom. The summed E-state index contributed by atoms with van der Waals surface area (Å²) < 4.78 is 31.3. The van der Waals surface area contributed by atoms with Crippen molar-refractivity contribution in [3.8, 4) is 5.75 Å². The summed E-state index contributed by atoms with van der Waals surface area (Å²) in [5, 5.41) is 2.57. The largest absolute Gasteiger partial charge is 0.484 e. The van der Waals surface area contributed by atoms with Gasteiger partial charge in [0.15, 0.2) is 12.4 Å². The molecule has 2 amide bonds. The van der Waals surface area contributed by atoms with Crippen molar-refractivity contribution in [1.29, 1.82) is 0 Å². The van der Waals surface area contributed by atoms with Gasteiger partial charge in [-0.05, 0) is 72.8 Å². The van der Waals surface area contributed by atoms with Gasteiger partial charge in [-0.3, -0.25) is 14.4 Å². The Labute approximate surface area is 183 Å². The van der Waals surface area contributed by atoms with E-state index in [9.17, 15) is 23.2 Å². The van der Waals surface area contributed by atoms with Gasteiger partial charge in [0.2, 0.25) is 5.91 Å². The molecule has 0 fully saturated rings. The second-order valence-electron chi connectivity index (χ2n) is 6.95. The standard InChI is InChI=1S/C24H20F2N2O4/c1-28(14-22(29)27-20-10-8-19(26)9-11-20)23(30)15-32-21-12-4-17(5-13-21)24(31)16-2-6-18(25)7-3-16/h2-13H,14-15H2,1H3,(H,27,29). The molecule has 0 saturated heterocycles. The zero-order valence-corrected chi connectivity index (χ0v) is 17.2. The summed E-state index contributed by atoms with van der Waals surface area (Å²) in [6, 6.07) is 16.7. The van der Waals surface area contributed by atoms with E-state index < -0.39 is 23.4 Å². The summed E-state index contributed by atoms with van der Waals surface area (Å²) in [6.07, 6.45) is 0. The number of nitrogens with one attached hydrogen (secondary N) is 1. The number of carbonyl (C=O) groups excluding carboxylic acids is 3. The van der Waals surface area contributed by atoms with Gasteiger partial charge in [0, 0.05) is 23.9 Å². The van der Waals surface area contributed by atoms with Crippen molar-refractivity contribution in [2.75, 3.05) is 25.5 Å². The number of likely N-dealkylation sites (N-methyl/N-ethyl adjacent to an activating group) is 1. The van der Waals surface area contributed by atoms with E-state index in [2.05, 4.69) is 5.32 Å². The molecule has 0 aromatic heterocycles. The third kappa shape index (κ3) is 6.21. The summed E-state index contributed by atoms with van der Waals surface area (Å²) >= 11 is 0. The molecule has 0 aliphatic rings. The van der Waals surface area contributed by atoms with Crippen LogP contribution in [0.2, 0.25) is 0 Å². The van der Waals surface area contributed by atoms with Gasteiger partial charge < -0.3 is 15.0 Å². The van der Waals surface area contributed by atoms with Crippen LogP contribution in [0.1, 0.15) is 15.9 Å². The molecule has 3 rings (SSSR count). The first-order chi connectivity index (χ1) is 15.3. The molecule has 0 unspecified atom stereocenters. The van der Waals surface area contributed by atoms with E-state index in [1.807, 2.05) is 0 Å². The Morgan fingerprint density at radius 2 is 1.31 bits per heavy atom. The number of hydrogen-bond acceptors (Lipinski definition) is 4. The number of halogens is 2. The van der Waals surface area contributed by atoms with Crippen molar-refractivity contribution < 1.29 is 27.9 Å². The molecule has 3 aromatic carbocycles. The maximum Gasteiger partial charge on any atom is 0.260 e. The predicted molar refractivity (Wildman–Crippen MR) is 114 cm³/mol. The van der Waals surface area contributed by atoms with Crippen molar-refractivity contribution >= 4 is 23.3 Å². The molecule has 0 aliphatic heterocycles. The van der Waals surface area contributed by atoms with Crippen molar-refractivity contribution in [2.45, 2.75) is 0 Å². The van der Waals surface area contributed by atoms with Crippen LogP contribution >= 0.6 is 0 Å². The second kappa shape index (κ2) is 10.3. The summed E-state index contributed by atoms with van der Waals surface area (Å²) in [4.78, 5) is 37.8. The molecule has 8 heteroatoms. The third-order valence-electron chi connectivity index (χ3n) is 4.52. The number of benzene rings is 3. The number of hydrogen-bond donors (Lipinski definition) is 1. The molecule has 1 N–H and O–H groups in total. The highest BCUT2D eigenvalue weighted by molar-refractivity contribution is 6.09. The molecule has 3 aromatic rings. The van der Waals surface area contributed by atoms with E-state index in [-0.39, 0.29) is 18.9 Å². The van der Waals surface area contributed by atoms with Crippen LogP contribution in [0, 0.1) is 11.6 Å². The van der Waals surface area contributed by atoms with Crippen molar-refractivity contribution in [3.63, 3.8) is 0 Å². The first kappa shape index (κ1) is 22.6. The van der Waals surface area contributed by atoms with Crippen molar-refractivity contribution in [1.82, 2.24) is 4.90 Å². The van der Waals surface area contributed by atoms with Gasteiger partial charge in [-0.15, -0.1) is 0 Å². The Hall–Kier alpha value is -4.07. The lowest BCUT2D eigenvalue weighted by atomic mass is 10.0. The minimum Gasteiger partial charge on any atom is -0.484 e. The number of rotatable bonds is 8. The minimum absolute atomic E-state index is 0.204. The van der Waals surface area contributed by atoms with Crippen LogP contribution in [-0.4, -0.2) is 42.7 Å². The Kier molecular flexibility index (Phi) is 7.28. The van der Waals surface area contributed by atoms with Gasteiger partial charge in [-0.1, -0.05) is 0 Å². The smallest absolute Gasteiger partial charge is 0.260 e. The summed E-state index contributed by atoms with van der Waals surface area (Å²) in [7, 11) is 1.46. The van der Waals surface area contributed by atoms with Gasteiger partial charge in [-0.2, -0.15) is 0 Å². The van der Waals surface area contributed by atoms with Crippen LogP contribution in [-0.2, 0) is 9.59 Å². The van der Waals surface area contributed by atoms with Crippen LogP contribution < -0.4 is 10.1 Å². The molecule has 6 nitrogen and oxygen atoms in total. The molecule has 32 heavy (non-hydrogen) atoms. The topological polar surface area (TPSA) is 75.7 Å². The van der Waals surface area contributed by atoms with Crippen molar-refractivity contribution in [3.05, 3.63) is 95.6 Å². The van der Waals surface area contributed by atoms with E-state index in [0.717, 1.165) is 0 Å². The van der Waals surface area contributed by atoms with E-state index in [1.54, 1.807) is 24.3 Å². The molecule has 164 valence electrons. The molecule has 0 heterocycles. The fraction of sp³-hybridized carbons (Fsp3) is 0.125. The maximum absolute atomic E-state index is 13.0. The lowest BCUT2D eigenvalue weighted by Crippen LogP contribution is -2.37. The zero-order valence-electron chi connectivity index (χ0n) is 17.2. The van der Waals surface area contributed by atoms with Gasteiger partial charge in [-0.25, -0.2) is 8.78 Å². The first-order valence-electron chi connectivity index (χ1n) is 9.64. The van der Waals surface area contributed by atoms with Crippen LogP contribution in [0.25, 0.3) is 0 Å². The highest BCUT2D eigenvalue weighted by Gasteiger charge is 2.14. The quantitative estimate of drug-likeness (QED) is 0.545. The normalized spacial score (nSPS) is 10.3. The fourth-order valence-corrected chi connectivity index (χ4v) is 2.76. The first-order valence-corrected chi connectivity index (χ1v) is 9.64. The highest BCUT2D eigenvalue weighted by atomic mass is 19.1. The Balaban J connectivity index is 1.48. The molecular weight excluding hydrogens is 418 g/mol. The SMILES string of the molecule is CN(CC(=O)Nc1ccc(F)cc1)C(=O)COc1ccc(C(=O)c2ccc(F)cc2)cc1. The average Bonchev–Trinajstić information content (AvgIpc) is 2.79. The minimum atomic E-state index is -0.434. The van der Waals surface area contributed by atoms with Gasteiger partial charge in [0.1, 0.15) is 17.4 Å². The Bertz CT molecular complexity index is 1100. The fourth-order valence-electron chi connectivity index (χ4n) is 2.76. The second-order valence-corrected chi connectivity index (χ2v) is 6.95. The highest BCUT2D eigenvalue weighted by Crippen LogP contribution is 2.16. The molecule has 0 atom stereocenters. The Morgan fingerprint density at radius 1 is 0.812 bits per heavy atom. The predicted octanol–water partition coefficient (Wildman–Crippen LogP) is 3.67. The number of ketones is 1. The number of amides is 2. The maximum atomic E-state index is 13.0. The van der Waals surface area contributed by atoms with E-state index >= 15 is 0 Å². The molecule has 0 saturated carbocycles. The van der Waals surface area contributed by atoms with E-state index in [1.165, 1.54) is 60.5 Å². The lowest BCUT2D eigenvalue weighted by Gasteiger charge is -2.17. The molecule has 0 aliphatic carbocycles. The number of carbonyl (C=O) groups is 3.